The number of aryl methyl sites for hydroxylation is 1. The third kappa shape index (κ3) is 3.12. The minimum atomic E-state index is -1.44. The summed E-state index contributed by atoms with van der Waals surface area (Å²) in [6.07, 6.45) is 3.71. The van der Waals surface area contributed by atoms with Gasteiger partial charge in [-0.25, -0.2) is 0 Å². The summed E-state index contributed by atoms with van der Waals surface area (Å²) in [6, 6.07) is 6.66. The fourth-order valence-corrected chi connectivity index (χ4v) is 1.56. The molecule has 0 aliphatic rings. The number of benzene rings is 1. The zero-order valence-electron chi connectivity index (χ0n) is 10.2. The molecule has 0 bridgehead atoms. The van der Waals surface area contributed by atoms with Gasteiger partial charge in [0, 0.05) is 18.3 Å². The lowest BCUT2D eigenvalue weighted by Crippen LogP contribution is -2.29. The first-order chi connectivity index (χ1) is 8.69. The molecule has 0 fully saturated rings. The van der Waals surface area contributed by atoms with Crippen LogP contribution in [0.4, 0.5) is 0 Å². The van der Waals surface area contributed by atoms with E-state index in [1.165, 1.54) is 0 Å². The fourth-order valence-electron chi connectivity index (χ4n) is 1.56. The molecule has 2 rings (SSSR count). The highest BCUT2D eigenvalue weighted by Gasteiger charge is 2.09. The Kier molecular flexibility index (Phi) is 4.01. The summed E-state index contributed by atoms with van der Waals surface area (Å²) < 4.78 is 7.41. The van der Waals surface area contributed by atoms with Crippen LogP contribution in [0.1, 0.15) is 12.5 Å². The van der Waals surface area contributed by atoms with Crippen LogP contribution in [0.5, 0.6) is 5.75 Å². The Morgan fingerprint density at radius 3 is 2.56 bits per heavy atom. The SMILES string of the molecule is CCn1cc(COc2ccc(B(O)O)cc2)cn1. The molecule has 6 heteroatoms. The second-order valence-electron chi connectivity index (χ2n) is 3.94. The van der Waals surface area contributed by atoms with Crippen molar-refractivity contribution >= 4 is 12.6 Å². The van der Waals surface area contributed by atoms with Crippen molar-refractivity contribution in [3.05, 3.63) is 42.2 Å². The molecule has 1 aromatic heterocycles. The highest BCUT2D eigenvalue weighted by molar-refractivity contribution is 6.58. The average molecular weight is 246 g/mol. The zero-order valence-corrected chi connectivity index (χ0v) is 10.2. The predicted molar refractivity (Wildman–Crippen MR) is 68.5 cm³/mol. The van der Waals surface area contributed by atoms with Crippen LogP contribution in [0.3, 0.4) is 0 Å². The van der Waals surface area contributed by atoms with Gasteiger partial charge in [-0.2, -0.15) is 5.10 Å². The molecule has 1 heterocycles. The lowest BCUT2D eigenvalue weighted by Gasteiger charge is -2.05. The van der Waals surface area contributed by atoms with Crippen LogP contribution in [0.2, 0.25) is 0 Å². The molecule has 2 N–H and O–H groups in total. The van der Waals surface area contributed by atoms with Gasteiger partial charge in [-0.3, -0.25) is 4.68 Å². The minimum absolute atomic E-state index is 0.445. The van der Waals surface area contributed by atoms with Gasteiger partial charge in [0.1, 0.15) is 12.4 Å². The third-order valence-corrected chi connectivity index (χ3v) is 2.59. The Morgan fingerprint density at radius 1 is 1.28 bits per heavy atom. The van der Waals surface area contributed by atoms with Crippen LogP contribution < -0.4 is 10.2 Å². The van der Waals surface area contributed by atoms with E-state index in [0.29, 0.717) is 17.8 Å². The Labute approximate surface area is 106 Å². The maximum Gasteiger partial charge on any atom is 0.488 e. The van der Waals surface area contributed by atoms with Gasteiger partial charge in [0.25, 0.3) is 0 Å². The van der Waals surface area contributed by atoms with Crippen molar-refractivity contribution in [2.24, 2.45) is 0 Å². The minimum Gasteiger partial charge on any atom is -0.489 e. The molecule has 0 radical (unpaired) electrons. The second kappa shape index (κ2) is 5.70. The lowest BCUT2D eigenvalue weighted by molar-refractivity contribution is 0.306. The molecular formula is C12H15BN2O3. The molecule has 5 nitrogen and oxygen atoms in total. The number of hydrogen-bond donors (Lipinski definition) is 2. The average Bonchev–Trinajstić information content (AvgIpc) is 2.85. The molecule has 0 saturated heterocycles. The molecule has 0 amide bonds. The molecule has 0 saturated carbocycles. The van der Waals surface area contributed by atoms with Gasteiger partial charge in [0.05, 0.1) is 6.20 Å². The number of aromatic nitrogens is 2. The van der Waals surface area contributed by atoms with Crippen molar-refractivity contribution in [2.75, 3.05) is 0 Å². The van der Waals surface area contributed by atoms with E-state index in [-0.39, 0.29) is 0 Å². The summed E-state index contributed by atoms with van der Waals surface area (Å²) in [4.78, 5) is 0. The summed E-state index contributed by atoms with van der Waals surface area (Å²) in [5.41, 5.74) is 1.45. The first-order valence-corrected chi connectivity index (χ1v) is 5.79. The van der Waals surface area contributed by atoms with Crippen molar-refractivity contribution in [2.45, 2.75) is 20.1 Å². The largest absolute Gasteiger partial charge is 0.489 e. The summed E-state index contributed by atoms with van der Waals surface area (Å²) >= 11 is 0. The zero-order chi connectivity index (χ0) is 13.0. The van der Waals surface area contributed by atoms with Crippen molar-refractivity contribution in [3.8, 4) is 5.75 Å². The smallest absolute Gasteiger partial charge is 0.488 e. The van der Waals surface area contributed by atoms with Crippen molar-refractivity contribution < 1.29 is 14.8 Å². The van der Waals surface area contributed by atoms with Gasteiger partial charge >= 0.3 is 7.12 Å². The molecule has 2 aromatic rings. The first kappa shape index (κ1) is 12.7. The first-order valence-electron chi connectivity index (χ1n) is 5.79. The number of rotatable bonds is 5. The molecule has 0 atom stereocenters. The van der Waals surface area contributed by atoms with Crippen LogP contribution in [-0.4, -0.2) is 26.9 Å². The Hall–Kier alpha value is -1.79. The third-order valence-electron chi connectivity index (χ3n) is 2.59. The molecule has 0 unspecified atom stereocenters. The number of ether oxygens (including phenoxy) is 1. The number of hydrogen-bond acceptors (Lipinski definition) is 4. The maximum absolute atomic E-state index is 8.96. The van der Waals surface area contributed by atoms with E-state index < -0.39 is 7.12 Å². The Bertz CT molecular complexity index is 496. The van der Waals surface area contributed by atoms with Crippen molar-refractivity contribution in [1.82, 2.24) is 9.78 Å². The van der Waals surface area contributed by atoms with Gasteiger partial charge < -0.3 is 14.8 Å². The van der Waals surface area contributed by atoms with E-state index in [1.54, 1.807) is 30.5 Å². The van der Waals surface area contributed by atoms with Gasteiger partial charge in [0.2, 0.25) is 0 Å². The highest BCUT2D eigenvalue weighted by atomic mass is 16.5. The van der Waals surface area contributed by atoms with Crippen molar-refractivity contribution in [3.63, 3.8) is 0 Å². The normalized spacial score (nSPS) is 10.4. The van der Waals surface area contributed by atoms with E-state index in [0.717, 1.165) is 12.1 Å². The molecule has 0 aliphatic heterocycles. The molecule has 94 valence electrons. The summed E-state index contributed by atoms with van der Waals surface area (Å²) in [7, 11) is -1.44. The van der Waals surface area contributed by atoms with Crippen LogP contribution in [0.15, 0.2) is 36.7 Å². The molecule has 18 heavy (non-hydrogen) atoms. The van der Waals surface area contributed by atoms with E-state index in [2.05, 4.69) is 5.10 Å². The van der Waals surface area contributed by atoms with Crippen molar-refractivity contribution in [1.29, 1.82) is 0 Å². The summed E-state index contributed by atoms with van der Waals surface area (Å²) in [5, 5.41) is 22.1. The summed E-state index contributed by atoms with van der Waals surface area (Å²) in [6.45, 7) is 3.31. The monoisotopic (exact) mass is 246 g/mol. The lowest BCUT2D eigenvalue weighted by atomic mass is 9.80. The quantitative estimate of drug-likeness (QED) is 0.737. The van der Waals surface area contributed by atoms with Gasteiger partial charge in [-0.05, 0) is 24.5 Å². The van der Waals surface area contributed by atoms with Crippen LogP contribution in [0.25, 0.3) is 0 Å². The van der Waals surface area contributed by atoms with E-state index in [4.69, 9.17) is 14.8 Å². The Morgan fingerprint density at radius 2 is 2.00 bits per heavy atom. The van der Waals surface area contributed by atoms with Gasteiger partial charge in [-0.1, -0.05) is 12.1 Å². The summed E-state index contributed by atoms with van der Waals surface area (Å²) in [5.74, 6) is 0.684. The van der Waals surface area contributed by atoms with E-state index in [9.17, 15) is 0 Å². The van der Waals surface area contributed by atoms with E-state index >= 15 is 0 Å². The van der Waals surface area contributed by atoms with Crippen LogP contribution >= 0.6 is 0 Å². The molecule has 0 aliphatic carbocycles. The topological polar surface area (TPSA) is 67.5 Å². The number of nitrogens with zero attached hydrogens (tertiary/aromatic N) is 2. The maximum atomic E-state index is 8.96. The van der Waals surface area contributed by atoms with Gasteiger partial charge in [-0.15, -0.1) is 0 Å². The molecule has 0 spiro atoms. The predicted octanol–water partition coefficient (Wildman–Crippen LogP) is 0.162. The second-order valence-corrected chi connectivity index (χ2v) is 3.94. The molecule has 1 aromatic carbocycles. The van der Waals surface area contributed by atoms with Gasteiger partial charge in [0.15, 0.2) is 0 Å². The van der Waals surface area contributed by atoms with E-state index in [1.807, 2.05) is 17.8 Å². The standard InChI is InChI=1S/C12H15BN2O3/c1-2-15-8-10(7-14-15)9-18-12-5-3-11(4-6-12)13(16)17/h3-8,16-17H,2,9H2,1H3. The van der Waals surface area contributed by atoms with Crippen LogP contribution in [0, 0.1) is 0 Å². The molecular weight excluding hydrogens is 231 g/mol. The van der Waals surface area contributed by atoms with Crippen LogP contribution in [-0.2, 0) is 13.2 Å². The highest BCUT2D eigenvalue weighted by Crippen LogP contribution is 2.10. The fraction of sp³-hybridized carbons (Fsp3) is 0.250. The Balaban J connectivity index is 1.93.